The number of carboxylic acids is 3. The first-order valence-electron chi connectivity index (χ1n) is 6.70. The highest BCUT2D eigenvalue weighted by molar-refractivity contribution is 8.00. The van der Waals surface area contributed by atoms with Crippen LogP contribution in [0.1, 0.15) is 12.8 Å². The van der Waals surface area contributed by atoms with Crippen molar-refractivity contribution in [2.24, 2.45) is 5.73 Å². The number of thioether (sulfide) groups is 1. The highest BCUT2D eigenvalue weighted by Gasteiger charge is 2.22. The minimum Gasteiger partial charge on any atom is -0.481 e. The van der Waals surface area contributed by atoms with Gasteiger partial charge in [0.1, 0.15) is 18.6 Å². The lowest BCUT2D eigenvalue weighted by molar-refractivity contribution is -0.139. The average Bonchev–Trinajstić information content (AvgIpc) is 2.48. The van der Waals surface area contributed by atoms with Crippen LogP contribution in [0, 0.1) is 0 Å². The van der Waals surface area contributed by atoms with Crippen LogP contribution in [0.25, 0.3) is 0 Å². The lowest BCUT2D eigenvalue weighted by Crippen LogP contribution is -2.49. The second-order valence-corrected chi connectivity index (χ2v) is 5.65. The van der Waals surface area contributed by atoms with Crippen LogP contribution < -0.4 is 16.4 Å². The Bertz CT molecular complexity index is 499. The van der Waals surface area contributed by atoms with Crippen LogP contribution in [0.4, 0.5) is 0 Å². The summed E-state index contributed by atoms with van der Waals surface area (Å²) in [4.78, 5) is 55.0. The Morgan fingerprint density at radius 1 is 1.04 bits per heavy atom. The number of rotatable bonds is 12. The third kappa shape index (κ3) is 10.4. The van der Waals surface area contributed by atoms with Crippen molar-refractivity contribution in [1.29, 1.82) is 0 Å². The summed E-state index contributed by atoms with van der Waals surface area (Å²) in [6.45, 7) is -0.654. The third-order valence-corrected chi connectivity index (χ3v) is 3.60. The van der Waals surface area contributed by atoms with Gasteiger partial charge in [0.05, 0.1) is 5.75 Å². The summed E-state index contributed by atoms with van der Waals surface area (Å²) in [5.41, 5.74) is 5.26. The van der Waals surface area contributed by atoms with Gasteiger partial charge >= 0.3 is 17.9 Å². The van der Waals surface area contributed by atoms with E-state index < -0.39 is 48.4 Å². The number of aliphatic carboxylic acids is 3. The van der Waals surface area contributed by atoms with Gasteiger partial charge in [0.15, 0.2) is 0 Å². The fourth-order valence-corrected chi connectivity index (χ4v) is 2.17. The normalized spacial score (nSPS) is 12.7. The molecule has 11 nitrogen and oxygen atoms in total. The van der Waals surface area contributed by atoms with Crippen LogP contribution >= 0.6 is 11.8 Å². The molecule has 0 aliphatic rings. The molecule has 24 heavy (non-hydrogen) atoms. The Morgan fingerprint density at radius 3 is 2.17 bits per heavy atom. The van der Waals surface area contributed by atoms with Gasteiger partial charge in [-0.15, -0.1) is 11.8 Å². The Hall–Kier alpha value is -2.34. The maximum atomic E-state index is 11.8. The molecular weight excluding hydrogens is 346 g/mol. The molecule has 0 aromatic heterocycles. The molecule has 0 bridgehead atoms. The van der Waals surface area contributed by atoms with Crippen molar-refractivity contribution in [1.82, 2.24) is 10.6 Å². The lowest BCUT2D eigenvalue weighted by Gasteiger charge is -2.17. The topological polar surface area (TPSA) is 196 Å². The van der Waals surface area contributed by atoms with E-state index in [0.717, 1.165) is 11.8 Å². The van der Waals surface area contributed by atoms with Crippen molar-refractivity contribution >= 4 is 41.5 Å². The average molecular weight is 365 g/mol. The molecule has 12 heteroatoms. The van der Waals surface area contributed by atoms with Crippen LogP contribution in [-0.2, 0) is 24.0 Å². The van der Waals surface area contributed by atoms with Gasteiger partial charge in [-0.3, -0.25) is 24.0 Å². The number of hydrogen-bond acceptors (Lipinski definition) is 7. The maximum Gasteiger partial charge on any atom is 0.322 e. The SMILES string of the molecule is NC(CCC(=O)NC(CSCC(=O)O)C(=O)NCC(=O)O)C(=O)O. The van der Waals surface area contributed by atoms with Gasteiger partial charge in [0.25, 0.3) is 0 Å². The van der Waals surface area contributed by atoms with Gasteiger partial charge in [-0.2, -0.15) is 0 Å². The predicted molar refractivity (Wildman–Crippen MR) is 82.4 cm³/mol. The van der Waals surface area contributed by atoms with Crippen molar-refractivity contribution < 1.29 is 39.3 Å². The number of hydrogen-bond donors (Lipinski definition) is 6. The molecule has 0 fully saturated rings. The molecule has 0 heterocycles. The summed E-state index contributed by atoms with van der Waals surface area (Å²) < 4.78 is 0. The highest BCUT2D eigenvalue weighted by atomic mass is 32.2. The first kappa shape index (κ1) is 21.7. The second-order valence-electron chi connectivity index (χ2n) is 4.62. The monoisotopic (exact) mass is 365 g/mol. The molecule has 136 valence electrons. The van der Waals surface area contributed by atoms with Crippen LogP contribution in [0.3, 0.4) is 0 Å². The van der Waals surface area contributed by atoms with E-state index in [4.69, 9.17) is 21.1 Å². The minimum absolute atomic E-state index is 0.0888. The summed E-state index contributed by atoms with van der Waals surface area (Å²) in [6, 6.07) is -2.38. The Balaban J connectivity index is 4.57. The van der Waals surface area contributed by atoms with Gasteiger partial charge in [-0.25, -0.2) is 0 Å². The number of amides is 2. The molecule has 7 N–H and O–H groups in total. The van der Waals surface area contributed by atoms with Crippen LogP contribution in [0.2, 0.25) is 0 Å². The molecule has 0 aliphatic carbocycles. The summed E-state index contributed by atoms with van der Waals surface area (Å²) in [7, 11) is 0. The largest absolute Gasteiger partial charge is 0.481 e. The lowest BCUT2D eigenvalue weighted by atomic mass is 10.1. The standard InChI is InChI=1S/C12H19N3O8S/c13-6(12(22)23)1-2-8(16)15-7(4-24-5-10(19)20)11(21)14-3-9(17)18/h6-7H,1-5,13H2,(H,14,21)(H,15,16)(H,17,18)(H,19,20)(H,22,23). The van der Waals surface area contributed by atoms with E-state index in [1.165, 1.54) is 0 Å². The fourth-order valence-electron chi connectivity index (χ4n) is 1.41. The van der Waals surface area contributed by atoms with Crippen molar-refractivity contribution in [2.75, 3.05) is 18.1 Å². The van der Waals surface area contributed by atoms with Crippen molar-refractivity contribution in [3.63, 3.8) is 0 Å². The summed E-state index contributed by atoms with van der Waals surface area (Å²) in [6.07, 6.45) is -0.396. The molecule has 0 aromatic carbocycles. The quantitative estimate of drug-likeness (QED) is 0.218. The predicted octanol–water partition coefficient (Wildman–Crippen LogP) is -2.32. The zero-order valence-electron chi connectivity index (χ0n) is 12.6. The maximum absolute atomic E-state index is 11.8. The third-order valence-electron chi connectivity index (χ3n) is 2.58. The summed E-state index contributed by atoms with van der Waals surface area (Å²) in [5.74, 6) is -5.49. The van der Waals surface area contributed by atoms with Crippen molar-refractivity contribution in [3.05, 3.63) is 0 Å². The minimum atomic E-state index is -1.28. The van der Waals surface area contributed by atoms with Gasteiger partial charge in [0.2, 0.25) is 11.8 Å². The molecule has 0 aromatic rings. The van der Waals surface area contributed by atoms with Crippen LogP contribution in [0.15, 0.2) is 0 Å². The van der Waals surface area contributed by atoms with E-state index in [0.29, 0.717) is 0 Å². The molecule has 0 aliphatic heterocycles. The fraction of sp³-hybridized carbons (Fsp3) is 0.583. The summed E-state index contributed by atoms with van der Waals surface area (Å²) >= 11 is 0.862. The van der Waals surface area contributed by atoms with E-state index in [1.54, 1.807) is 0 Å². The first-order chi connectivity index (χ1) is 11.1. The van der Waals surface area contributed by atoms with E-state index >= 15 is 0 Å². The molecular formula is C12H19N3O8S. The number of nitrogens with two attached hydrogens (primary N) is 1. The molecule has 0 rings (SSSR count). The number of carbonyl (C=O) groups excluding carboxylic acids is 2. The van der Waals surface area contributed by atoms with Gasteiger partial charge < -0.3 is 31.7 Å². The van der Waals surface area contributed by atoms with E-state index in [9.17, 15) is 24.0 Å². The Kier molecular flexibility index (Phi) is 10.1. The molecule has 0 radical (unpaired) electrons. The van der Waals surface area contributed by atoms with Gasteiger partial charge in [-0.05, 0) is 6.42 Å². The number of nitrogens with one attached hydrogen (secondary N) is 2. The van der Waals surface area contributed by atoms with E-state index in [-0.39, 0.29) is 24.3 Å². The van der Waals surface area contributed by atoms with Crippen LogP contribution in [0.5, 0.6) is 0 Å². The smallest absolute Gasteiger partial charge is 0.322 e. The molecule has 0 saturated carbocycles. The highest BCUT2D eigenvalue weighted by Crippen LogP contribution is 2.04. The van der Waals surface area contributed by atoms with Crippen LogP contribution in [-0.4, -0.2) is 75.2 Å². The molecule has 2 unspecified atom stereocenters. The molecule has 0 spiro atoms. The van der Waals surface area contributed by atoms with E-state index in [2.05, 4.69) is 10.6 Å². The van der Waals surface area contributed by atoms with Gasteiger partial charge in [-0.1, -0.05) is 0 Å². The van der Waals surface area contributed by atoms with Crippen molar-refractivity contribution in [3.8, 4) is 0 Å². The van der Waals surface area contributed by atoms with Gasteiger partial charge in [0, 0.05) is 12.2 Å². The first-order valence-corrected chi connectivity index (χ1v) is 7.85. The zero-order valence-corrected chi connectivity index (χ0v) is 13.4. The number of carbonyl (C=O) groups is 5. The van der Waals surface area contributed by atoms with E-state index in [1.807, 2.05) is 0 Å². The Morgan fingerprint density at radius 2 is 1.67 bits per heavy atom. The zero-order chi connectivity index (χ0) is 18.7. The second kappa shape index (κ2) is 11.2. The molecule has 2 atom stereocenters. The Labute approximate surface area is 141 Å². The molecule has 0 saturated heterocycles. The summed E-state index contributed by atoms with van der Waals surface area (Å²) in [5, 5.41) is 30.1. The van der Waals surface area contributed by atoms with Crippen molar-refractivity contribution in [2.45, 2.75) is 24.9 Å². The molecule has 2 amide bonds. The number of carboxylic acid groups (broad SMARTS) is 3.